The zero-order valence-electron chi connectivity index (χ0n) is 16.9. The Hall–Kier alpha value is -2.75. The van der Waals surface area contributed by atoms with Crippen molar-refractivity contribution >= 4 is 27.3 Å². The summed E-state index contributed by atoms with van der Waals surface area (Å²) in [6, 6.07) is 14.1. The highest BCUT2D eigenvalue weighted by atomic mass is 32.2. The zero-order chi connectivity index (χ0) is 21.7. The number of carbonyl (C=O) groups excluding carboxylic acids is 1. The second kappa shape index (κ2) is 9.59. The maximum Gasteiger partial charge on any atom is 0.252 e. The summed E-state index contributed by atoms with van der Waals surface area (Å²) >= 11 is 1.20. The molecule has 1 N–H and O–H groups in total. The number of rotatable bonds is 8. The molecule has 2 aromatic heterocycles. The van der Waals surface area contributed by atoms with Gasteiger partial charge >= 0.3 is 0 Å². The maximum absolute atomic E-state index is 12.6. The van der Waals surface area contributed by atoms with Crippen LogP contribution in [-0.4, -0.2) is 36.7 Å². The summed E-state index contributed by atoms with van der Waals surface area (Å²) < 4.78 is 32.8. The largest absolute Gasteiger partial charge is 0.489 e. The second-order valence-electron chi connectivity index (χ2n) is 7.19. The number of nitrogens with one attached hydrogen (secondary N) is 1. The Morgan fingerprint density at radius 1 is 1.10 bits per heavy atom. The summed E-state index contributed by atoms with van der Waals surface area (Å²) in [4.78, 5) is 17.3. The predicted molar refractivity (Wildman–Crippen MR) is 118 cm³/mol. The number of hydrogen-bond donors (Lipinski definition) is 1. The van der Waals surface area contributed by atoms with Crippen molar-refractivity contribution in [3.63, 3.8) is 0 Å². The molecular weight excluding hydrogens is 434 g/mol. The van der Waals surface area contributed by atoms with Crippen molar-refractivity contribution in [1.82, 2.24) is 14.6 Å². The van der Waals surface area contributed by atoms with Gasteiger partial charge in [-0.05, 0) is 55.3 Å². The molecule has 1 aromatic carbocycles. The summed E-state index contributed by atoms with van der Waals surface area (Å²) in [5.41, 5.74) is 1.47. The van der Waals surface area contributed by atoms with Gasteiger partial charge in [-0.2, -0.15) is 4.31 Å². The van der Waals surface area contributed by atoms with Crippen molar-refractivity contribution in [2.45, 2.75) is 30.2 Å². The SMILES string of the molecule is O=C(NCc1ccc(S(=O)(=O)N2CCCC2)s1)c1ccc(OCc2cccnc2)cc1. The molecule has 1 aliphatic rings. The third kappa shape index (κ3) is 5.30. The highest BCUT2D eigenvalue weighted by Gasteiger charge is 2.28. The van der Waals surface area contributed by atoms with Crippen LogP contribution in [0.3, 0.4) is 0 Å². The average molecular weight is 458 g/mol. The summed E-state index contributed by atoms with van der Waals surface area (Å²) in [6.07, 6.45) is 5.26. The summed E-state index contributed by atoms with van der Waals surface area (Å²) in [6.45, 7) is 1.83. The molecule has 1 aliphatic heterocycles. The van der Waals surface area contributed by atoms with Crippen LogP contribution >= 0.6 is 11.3 Å². The predicted octanol–water partition coefficient (Wildman–Crippen LogP) is 3.44. The minimum absolute atomic E-state index is 0.226. The number of aromatic nitrogens is 1. The lowest BCUT2D eigenvalue weighted by atomic mass is 10.2. The van der Waals surface area contributed by atoms with Gasteiger partial charge in [-0.3, -0.25) is 9.78 Å². The number of hydrogen-bond acceptors (Lipinski definition) is 6. The van der Waals surface area contributed by atoms with Crippen LogP contribution in [-0.2, 0) is 23.2 Å². The maximum atomic E-state index is 12.6. The van der Waals surface area contributed by atoms with Crippen LogP contribution in [0.15, 0.2) is 65.1 Å². The number of nitrogens with zero attached hydrogens (tertiary/aromatic N) is 2. The third-order valence-corrected chi connectivity index (χ3v) is 8.42. The molecule has 0 aliphatic carbocycles. The van der Waals surface area contributed by atoms with E-state index in [1.165, 1.54) is 15.6 Å². The minimum atomic E-state index is -3.42. The van der Waals surface area contributed by atoms with Crippen LogP contribution in [0.25, 0.3) is 0 Å². The van der Waals surface area contributed by atoms with Gasteiger partial charge in [-0.15, -0.1) is 11.3 Å². The molecular formula is C22H23N3O4S2. The van der Waals surface area contributed by atoms with E-state index < -0.39 is 10.0 Å². The summed E-state index contributed by atoms with van der Waals surface area (Å²) in [5.74, 6) is 0.437. The van der Waals surface area contributed by atoms with E-state index in [4.69, 9.17) is 4.74 Å². The molecule has 1 fully saturated rings. The van der Waals surface area contributed by atoms with E-state index in [9.17, 15) is 13.2 Å². The van der Waals surface area contributed by atoms with Gasteiger partial charge in [0.25, 0.3) is 15.9 Å². The Balaban J connectivity index is 1.30. The first-order valence-corrected chi connectivity index (χ1v) is 12.3. The van der Waals surface area contributed by atoms with Crippen LogP contribution in [0, 0.1) is 0 Å². The second-order valence-corrected chi connectivity index (χ2v) is 10.5. The van der Waals surface area contributed by atoms with Crippen molar-refractivity contribution in [1.29, 1.82) is 0 Å². The molecule has 1 saturated heterocycles. The molecule has 0 saturated carbocycles. The minimum Gasteiger partial charge on any atom is -0.489 e. The molecule has 0 spiro atoms. The molecule has 0 bridgehead atoms. The first-order chi connectivity index (χ1) is 15.0. The van der Waals surface area contributed by atoms with Crippen molar-refractivity contribution in [2.24, 2.45) is 0 Å². The number of amides is 1. The topological polar surface area (TPSA) is 88.6 Å². The fourth-order valence-corrected chi connectivity index (χ4v) is 6.24. The summed E-state index contributed by atoms with van der Waals surface area (Å²) in [7, 11) is -3.42. The lowest BCUT2D eigenvalue weighted by molar-refractivity contribution is 0.0951. The van der Waals surface area contributed by atoms with Crippen LogP contribution < -0.4 is 10.1 Å². The number of ether oxygens (including phenoxy) is 1. The van der Waals surface area contributed by atoms with Gasteiger partial charge in [0.15, 0.2) is 0 Å². The van der Waals surface area contributed by atoms with E-state index in [0.717, 1.165) is 23.3 Å². The molecule has 0 radical (unpaired) electrons. The Labute approximate surface area is 185 Å². The normalized spacial score (nSPS) is 14.5. The van der Waals surface area contributed by atoms with Crippen LogP contribution in [0.2, 0.25) is 0 Å². The van der Waals surface area contributed by atoms with E-state index in [2.05, 4.69) is 10.3 Å². The molecule has 31 heavy (non-hydrogen) atoms. The highest BCUT2D eigenvalue weighted by Crippen LogP contribution is 2.27. The first kappa shape index (κ1) is 21.5. The van der Waals surface area contributed by atoms with Crippen LogP contribution in [0.5, 0.6) is 5.75 Å². The molecule has 7 nitrogen and oxygen atoms in total. The number of carbonyl (C=O) groups is 1. The Morgan fingerprint density at radius 2 is 1.87 bits per heavy atom. The van der Waals surface area contributed by atoms with Crippen molar-refractivity contribution in [3.05, 3.63) is 76.9 Å². The highest BCUT2D eigenvalue weighted by molar-refractivity contribution is 7.91. The molecule has 1 amide bonds. The monoisotopic (exact) mass is 457 g/mol. The molecule has 3 aromatic rings. The van der Waals surface area contributed by atoms with E-state index in [0.29, 0.717) is 35.2 Å². The van der Waals surface area contributed by atoms with Gasteiger partial charge in [0, 0.05) is 41.5 Å². The van der Waals surface area contributed by atoms with E-state index in [1.807, 2.05) is 12.1 Å². The Morgan fingerprint density at radius 3 is 2.58 bits per heavy atom. The van der Waals surface area contributed by atoms with Crippen molar-refractivity contribution in [3.8, 4) is 5.75 Å². The molecule has 9 heteroatoms. The van der Waals surface area contributed by atoms with Crippen LogP contribution in [0.4, 0.5) is 0 Å². The van der Waals surface area contributed by atoms with E-state index in [1.54, 1.807) is 48.8 Å². The lowest BCUT2D eigenvalue weighted by Gasteiger charge is -2.13. The van der Waals surface area contributed by atoms with E-state index in [-0.39, 0.29) is 12.5 Å². The Bertz CT molecular complexity index is 1120. The third-order valence-electron chi connectivity index (χ3n) is 4.96. The van der Waals surface area contributed by atoms with E-state index >= 15 is 0 Å². The number of benzene rings is 1. The van der Waals surface area contributed by atoms with Gasteiger partial charge in [0.2, 0.25) is 0 Å². The quantitative estimate of drug-likeness (QED) is 0.560. The van der Waals surface area contributed by atoms with Gasteiger partial charge in [-0.1, -0.05) is 6.07 Å². The molecule has 3 heterocycles. The van der Waals surface area contributed by atoms with Crippen molar-refractivity contribution in [2.75, 3.05) is 13.1 Å². The van der Waals surface area contributed by atoms with Gasteiger partial charge < -0.3 is 10.1 Å². The molecule has 162 valence electrons. The van der Waals surface area contributed by atoms with Crippen molar-refractivity contribution < 1.29 is 17.9 Å². The van der Waals surface area contributed by atoms with Gasteiger partial charge in [0.1, 0.15) is 16.6 Å². The fraction of sp³-hybridized carbons (Fsp3) is 0.273. The smallest absolute Gasteiger partial charge is 0.252 e. The van der Waals surface area contributed by atoms with Crippen LogP contribution in [0.1, 0.15) is 33.6 Å². The molecule has 0 atom stereocenters. The number of pyridine rings is 1. The lowest BCUT2D eigenvalue weighted by Crippen LogP contribution is -2.27. The molecule has 0 unspecified atom stereocenters. The average Bonchev–Trinajstić information content (AvgIpc) is 3.50. The number of thiophene rings is 1. The summed E-state index contributed by atoms with van der Waals surface area (Å²) in [5, 5.41) is 2.84. The zero-order valence-corrected chi connectivity index (χ0v) is 18.5. The first-order valence-electron chi connectivity index (χ1n) is 10.0. The van der Waals surface area contributed by atoms with Gasteiger partial charge in [0.05, 0.1) is 6.54 Å². The van der Waals surface area contributed by atoms with Gasteiger partial charge in [-0.25, -0.2) is 8.42 Å². The fourth-order valence-electron chi connectivity index (χ4n) is 3.27. The number of sulfonamides is 1. The Kier molecular flexibility index (Phi) is 6.64. The molecule has 4 rings (SSSR count). The standard InChI is InChI=1S/C22H23N3O4S2/c26-22(18-5-7-19(8-6-18)29-16-17-4-3-11-23-14-17)24-15-20-9-10-21(30-20)31(27,28)25-12-1-2-13-25/h3-11,14H,1-2,12-13,15-16H2,(H,24,26).